The minimum absolute atomic E-state index is 0.0741. The smallest absolute Gasteiger partial charge is 0.170 e. The second-order valence-corrected chi connectivity index (χ2v) is 2.98. The molecule has 0 N–H and O–H groups in total. The minimum Gasteiger partial charge on any atom is -0.294 e. The highest BCUT2D eigenvalue weighted by Crippen LogP contribution is 2.10. The molecule has 0 aromatic heterocycles. The predicted octanol–water partition coefficient (Wildman–Crippen LogP) is 2.50. The van der Waals surface area contributed by atoms with Crippen LogP contribution in [-0.4, -0.2) is 10.6 Å². The van der Waals surface area contributed by atoms with E-state index >= 15 is 0 Å². The number of alkyl halides is 2. The Bertz CT molecular complexity index is 139. The Labute approximate surface area is 68.6 Å². The Hall–Kier alpha value is 0.280. The van der Waals surface area contributed by atoms with Gasteiger partial charge in [-0.3, -0.25) is 4.79 Å². The highest BCUT2D eigenvalue weighted by Gasteiger charge is 2.00. The van der Waals surface area contributed by atoms with Crippen molar-refractivity contribution in [2.45, 2.75) is 11.8 Å². The monoisotopic (exact) mass is 186 g/mol. The number of halogens is 3. The highest BCUT2D eigenvalue weighted by molar-refractivity contribution is 6.48. The molecule has 0 aromatic carbocycles. The number of Topliss-reactive ketones (excluding diaryl/α,β-unsaturated/α-hetero) is 1. The molecular formula is C5H5Cl3O. The lowest BCUT2D eigenvalue weighted by Gasteiger charge is -1.90. The van der Waals surface area contributed by atoms with Crippen LogP contribution in [-0.2, 0) is 4.79 Å². The van der Waals surface area contributed by atoms with Crippen LogP contribution < -0.4 is 0 Å². The van der Waals surface area contributed by atoms with E-state index in [9.17, 15) is 4.79 Å². The van der Waals surface area contributed by atoms with Gasteiger partial charge in [0.15, 0.2) is 5.78 Å². The topological polar surface area (TPSA) is 17.1 Å². The molecule has 0 bridgehead atoms. The molecule has 0 aliphatic carbocycles. The maximum absolute atomic E-state index is 10.4. The van der Waals surface area contributed by atoms with Crippen LogP contribution in [0.25, 0.3) is 0 Å². The van der Waals surface area contributed by atoms with Crippen LogP contribution in [0.3, 0.4) is 0 Å². The fourth-order valence-corrected chi connectivity index (χ4v) is 0.735. The third-order valence-electron chi connectivity index (χ3n) is 0.609. The maximum Gasteiger partial charge on any atom is 0.170 e. The molecule has 0 atom stereocenters. The zero-order valence-corrected chi connectivity index (χ0v) is 6.96. The van der Waals surface area contributed by atoms with Crippen LogP contribution in [0.2, 0.25) is 0 Å². The first kappa shape index (κ1) is 9.28. The van der Waals surface area contributed by atoms with Crippen LogP contribution >= 0.6 is 34.8 Å². The fraction of sp³-hybridized carbons (Fsp3) is 0.400. The van der Waals surface area contributed by atoms with Gasteiger partial charge in [-0.25, -0.2) is 0 Å². The number of hydrogen-bond donors (Lipinski definition) is 0. The van der Waals surface area contributed by atoms with Crippen LogP contribution in [0.1, 0.15) is 6.92 Å². The number of rotatable bonds is 2. The quantitative estimate of drug-likeness (QED) is 0.479. The average Bonchev–Trinajstić information content (AvgIpc) is 1.63. The van der Waals surface area contributed by atoms with E-state index in [-0.39, 0.29) is 10.8 Å². The predicted molar refractivity (Wildman–Crippen MR) is 40.1 cm³/mol. The van der Waals surface area contributed by atoms with Crippen LogP contribution in [0, 0.1) is 0 Å². The Kier molecular flexibility index (Phi) is 4.28. The van der Waals surface area contributed by atoms with Crippen molar-refractivity contribution in [3.63, 3.8) is 0 Å². The second kappa shape index (κ2) is 4.15. The van der Waals surface area contributed by atoms with Gasteiger partial charge in [0, 0.05) is 6.92 Å². The van der Waals surface area contributed by atoms with Crippen LogP contribution in [0.5, 0.6) is 0 Å². The van der Waals surface area contributed by atoms with Gasteiger partial charge in [0.1, 0.15) is 4.84 Å². The summed E-state index contributed by atoms with van der Waals surface area (Å²) in [6, 6.07) is 0. The standard InChI is InChI=1S/C5H5Cl3O/c1-3(9)4(6)2-5(7)8/h2,5H,1H3. The molecule has 0 amide bonds. The molecule has 0 unspecified atom stereocenters. The van der Waals surface area contributed by atoms with Crippen LogP contribution in [0.15, 0.2) is 11.1 Å². The lowest BCUT2D eigenvalue weighted by molar-refractivity contribution is -0.113. The summed E-state index contributed by atoms with van der Waals surface area (Å²) in [5.74, 6) is -0.233. The van der Waals surface area contributed by atoms with Gasteiger partial charge in [-0.2, -0.15) is 0 Å². The van der Waals surface area contributed by atoms with E-state index in [1.54, 1.807) is 0 Å². The van der Waals surface area contributed by atoms with Gasteiger partial charge in [0.25, 0.3) is 0 Å². The van der Waals surface area contributed by atoms with Crippen LogP contribution in [0.4, 0.5) is 0 Å². The van der Waals surface area contributed by atoms with E-state index in [4.69, 9.17) is 34.8 Å². The van der Waals surface area contributed by atoms with E-state index < -0.39 is 4.84 Å². The van der Waals surface area contributed by atoms with Gasteiger partial charge in [-0.05, 0) is 6.08 Å². The van der Waals surface area contributed by atoms with Crippen molar-refractivity contribution in [3.8, 4) is 0 Å². The normalized spacial score (nSPS) is 12.3. The largest absolute Gasteiger partial charge is 0.294 e. The molecule has 52 valence electrons. The molecule has 1 nitrogen and oxygen atoms in total. The van der Waals surface area contributed by atoms with E-state index in [1.807, 2.05) is 0 Å². The van der Waals surface area contributed by atoms with Gasteiger partial charge in [-0.1, -0.05) is 11.6 Å². The van der Waals surface area contributed by atoms with Crippen molar-refractivity contribution >= 4 is 40.6 Å². The van der Waals surface area contributed by atoms with Gasteiger partial charge < -0.3 is 0 Å². The Morgan fingerprint density at radius 2 is 2.00 bits per heavy atom. The third kappa shape index (κ3) is 4.76. The average molecular weight is 187 g/mol. The Morgan fingerprint density at radius 3 is 2.11 bits per heavy atom. The van der Waals surface area contributed by atoms with Crippen molar-refractivity contribution in [3.05, 3.63) is 11.1 Å². The van der Waals surface area contributed by atoms with Gasteiger partial charge in [0.05, 0.1) is 5.03 Å². The van der Waals surface area contributed by atoms with Gasteiger partial charge >= 0.3 is 0 Å². The van der Waals surface area contributed by atoms with E-state index in [0.717, 1.165) is 0 Å². The molecule has 0 heterocycles. The number of allylic oxidation sites excluding steroid dienone is 2. The molecule has 0 rings (SSSR count). The zero-order chi connectivity index (χ0) is 7.44. The maximum atomic E-state index is 10.4. The van der Waals surface area contributed by atoms with Crippen molar-refractivity contribution < 1.29 is 4.79 Å². The lowest BCUT2D eigenvalue weighted by atomic mass is 10.4. The Morgan fingerprint density at radius 1 is 1.56 bits per heavy atom. The second-order valence-electron chi connectivity index (χ2n) is 1.41. The third-order valence-corrected chi connectivity index (χ3v) is 1.25. The number of carbonyl (C=O) groups is 1. The summed E-state index contributed by atoms with van der Waals surface area (Å²) >= 11 is 15.9. The first-order valence-electron chi connectivity index (χ1n) is 2.20. The van der Waals surface area contributed by atoms with Crippen molar-refractivity contribution in [2.24, 2.45) is 0 Å². The molecule has 0 saturated heterocycles. The molecular weight excluding hydrogens is 182 g/mol. The molecule has 0 spiro atoms. The lowest BCUT2D eigenvalue weighted by Crippen LogP contribution is -1.91. The van der Waals surface area contributed by atoms with Crippen molar-refractivity contribution in [2.75, 3.05) is 0 Å². The first-order valence-corrected chi connectivity index (χ1v) is 3.45. The summed E-state index contributed by atoms with van der Waals surface area (Å²) in [4.78, 5) is 9.65. The van der Waals surface area contributed by atoms with E-state index in [2.05, 4.69) is 0 Å². The molecule has 0 fully saturated rings. The van der Waals surface area contributed by atoms with Crippen molar-refractivity contribution in [1.29, 1.82) is 0 Å². The summed E-state index contributed by atoms with van der Waals surface area (Å²) < 4.78 is 0. The Balaban J connectivity index is 4.00. The highest BCUT2D eigenvalue weighted by atomic mass is 35.5. The number of hydrogen-bond acceptors (Lipinski definition) is 1. The summed E-state index contributed by atoms with van der Waals surface area (Å²) in [5.41, 5.74) is 0. The fourth-order valence-electron chi connectivity index (χ4n) is 0.228. The SMILES string of the molecule is CC(=O)C(Cl)=CC(Cl)Cl. The summed E-state index contributed by atoms with van der Waals surface area (Å²) in [5, 5.41) is 0.0741. The number of ketones is 1. The molecule has 0 radical (unpaired) electrons. The molecule has 0 aliphatic rings. The van der Waals surface area contributed by atoms with E-state index in [1.165, 1.54) is 13.0 Å². The number of carbonyl (C=O) groups excluding carboxylic acids is 1. The molecule has 0 aromatic rings. The summed E-state index contributed by atoms with van der Waals surface area (Å²) in [6.45, 7) is 1.34. The first-order chi connectivity index (χ1) is 4.04. The van der Waals surface area contributed by atoms with Gasteiger partial charge in [-0.15, -0.1) is 23.2 Å². The molecule has 9 heavy (non-hydrogen) atoms. The molecule has 0 aliphatic heterocycles. The molecule has 0 saturated carbocycles. The zero-order valence-electron chi connectivity index (χ0n) is 4.70. The van der Waals surface area contributed by atoms with Crippen molar-refractivity contribution in [1.82, 2.24) is 0 Å². The summed E-state index contributed by atoms with van der Waals surface area (Å²) in [6.07, 6.45) is 1.27. The van der Waals surface area contributed by atoms with E-state index in [0.29, 0.717) is 0 Å². The van der Waals surface area contributed by atoms with Gasteiger partial charge in [0.2, 0.25) is 0 Å². The molecule has 4 heteroatoms. The minimum atomic E-state index is -0.707. The summed E-state index contributed by atoms with van der Waals surface area (Å²) in [7, 11) is 0.